The Morgan fingerprint density at radius 3 is 2.56 bits per heavy atom. The largest absolute Gasteiger partial charge is 0.368 e. The molecule has 136 valence electrons. The van der Waals surface area contributed by atoms with Crippen molar-refractivity contribution in [1.82, 2.24) is 4.98 Å². The van der Waals surface area contributed by atoms with Crippen molar-refractivity contribution in [1.29, 1.82) is 0 Å². The van der Waals surface area contributed by atoms with Crippen LogP contribution in [0, 0.1) is 0 Å². The van der Waals surface area contributed by atoms with Crippen LogP contribution in [0.15, 0.2) is 59.7 Å². The third-order valence-corrected chi connectivity index (χ3v) is 5.49. The number of hydrazone groups is 1. The third kappa shape index (κ3) is 3.15. The van der Waals surface area contributed by atoms with Gasteiger partial charge in [-0.3, -0.25) is 19.5 Å². The molecule has 4 rings (SSSR count). The number of fused-ring (bicyclic) bond motifs is 1. The standard InChI is InChI=1S/C19H17N5O2S/c1-23(19-21-13-9-5-6-10-16(13)27-19)18(26)14-11-15(17(20)25)24(22-14)12-7-3-2-4-8-12/h2-10,15H,11H2,1H3,(H2,20,25). The van der Waals surface area contributed by atoms with Crippen molar-refractivity contribution in [2.24, 2.45) is 10.8 Å². The van der Waals surface area contributed by atoms with Crippen molar-refractivity contribution >= 4 is 49.9 Å². The Morgan fingerprint density at radius 2 is 1.85 bits per heavy atom. The first-order valence-corrected chi connectivity index (χ1v) is 9.21. The lowest BCUT2D eigenvalue weighted by Gasteiger charge is -2.20. The number of para-hydroxylation sites is 2. The van der Waals surface area contributed by atoms with Crippen LogP contribution in [0.25, 0.3) is 10.2 Å². The van der Waals surface area contributed by atoms with E-state index in [1.807, 2.05) is 54.6 Å². The Hall–Kier alpha value is -3.26. The molecule has 2 amide bonds. The van der Waals surface area contributed by atoms with Gasteiger partial charge >= 0.3 is 0 Å². The number of hydrogen-bond donors (Lipinski definition) is 1. The molecule has 1 aliphatic rings. The molecule has 0 saturated carbocycles. The Balaban J connectivity index is 1.63. The molecular formula is C19H17N5O2S. The van der Waals surface area contributed by atoms with Crippen LogP contribution < -0.4 is 15.6 Å². The number of primary amides is 1. The van der Waals surface area contributed by atoms with Crippen LogP contribution in [0.3, 0.4) is 0 Å². The highest BCUT2D eigenvalue weighted by atomic mass is 32.1. The fourth-order valence-electron chi connectivity index (χ4n) is 2.96. The van der Waals surface area contributed by atoms with Gasteiger partial charge in [0.25, 0.3) is 5.91 Å². The van der Waals surface area contributed by atoms with Crippen LogP contribution in [0.2, 0.25) is 0 Å². The number of amides is 2. The molecule has 27 heavy (non-hydrogen) atoms. The summed E-state index contributed by atoms with van der Waals surface area (Å²) in [7, 11) is 1.66. The van der Waals surface area contributed by atoms with Crippen molar-refractivity contribution < 1.29 is 9.59 Å². The molecule has 0 radical (unpaired) electrons. The zero-order chi connectivity index (χ0) is 19.0. The molecule has 3 aromatic rings. The molecule has 0 aliphatic carbocycles. The van der Waals surface area contributed by atoms with E-state index in [1.54, 1.807) is 7.05 Å². The molecule has 8 heteroatoms. The molecule has 2 N–H and O–H groups in total. The zero-order valence-electron chi connectivity index (χ0n) is 14.6. The van der Waals surface area contributed by atoms with Crippen LogP contribution in [0.4, 0.5) is 10.8 Å². The summed E-state index contributed by atoms with van der Waals surface area (Å²) >= 11 is 1.43. The number of nitrogens with two attached hydrogens (primary N) is 1. The van der Waals surface area contributed by atoms with Gasteiger partial charge < -0.3 is 5.73 Å². The Morgan fingerprint density at radius 1 is 1.15 bits per heavy atom. The predicted octanol–water partition coefficient (Wildman–Crippen LogP) is 2.38. The predicted molar refractivity (Wildman–Crippen MR) is 107 cm³/mol. The van der Waals surface area contributed by atoms with E-state index in [0.717, 1.165) is 10.2 Å². The average Bonchev–Trinajstić information content (AvgIpc) is 3.32. The summed E-state index contributed by atoms with van der Waals surface area (Å²) < 4.78 is 1.00. The van der Waals surface area contributed by atoms with E-state index in [2.05, 4.69) is 10.1 Å². The second-order valence-corrected chi connectivity index (χ2v) is 7.19. The molecular weight excluding hydrogens is 362 g/mol. The lowest BCUT2D eigenvalue weighted by Crippen LogP contribution is -2.40. The highest BCUT2D eigenvalue weighted by molar-refractivity contribution is 7.22. The van der Waals surface area contributed by atoms with E-state index in [9.17, 15) is 9.59 Å². The summed E-state index contributed by atoms with van der Waals surface area (Å²) in [4.78, 5) is 30.8. The number of thiazole rings is 1. The van der Waals surface area contributed by atoms with Crippen LogP contribution in [-0.4, -0.2) is 35.6 Å². The SMILES string of the molecule is CN(C(=O)C1=NN(c2ccccc2)C(C(N)=O)C1)c1nc2ccccc2s1. The van der Waals surface area contributed by atoms with Gasteiger partial charge in [0.2, 0.25) is 5.91 Å². The zero-order valence-corrected chi connectivity index (χ0v) is 15.4. The van der Waals surface area contributed by atoms with Gasteiger partial charge in [0.15, 0.2) is 5.13 Å². The Labute approximate surface area is 159 Å². The van der Waals surface area contributed by atoms with Gasteiger partial charge in [-0.25, -0.2) is 4.98 Å². The highest BCUT2D eigenvalue weighted by Crippen LogP contribution is 2.29. The lowest BCUT2D eigenvalue weighted by atomic mass is 10.1. The van der Waals surface area contributed by atoms with E-state index < -0.39 is 11.9 Å². The van der Waals surface area contributed by atoms with E-state index >= 15 is 0 Å². The number of rotatable bonds is 4. The summed E-state index contributed by atoms with van der Waals surface area (Å²) in [6.07, 6.45) is 0.165. The van der Waals surface area contributed by atoms with Crippen molar-refractivity contribution in [3.8, 4) is 0 Å². The molecule has 1 aromatic heterocycles. The number of aromatic nitrogens is 1. The van der Waals surface area contributed by atoms with E-state index in [1.165, 1.54) is 21.2 Å². The maximum atomic E-state index is 13.0. The molecule has 0 fully saturated rings. The van der Waals surface area contributed by atoms with Crippen molar-refractivity contribution in [2.75, 3.05) is 17.0 Å². The Bertz CT molecular complexity index is 1010. The van der Waals surface area contributed by atoms with Gasteiger partial charge in [-0.2, -0.15) is 5.10 Å². The van der Waals surface area contributed by atoms with E-state index in [0.29, 0.717) is 10.8 Å². The van der Waals surface area contributed by atoms with Crippen LogP contribution in [-0.2, 0) is 9.59 Å². The molecule has 0 bridgehead atoms. The van der Waals surface area contributed by atoms with Gasteiger partial charge in [-0.15, -0.1) is 0 Å². The number of carbonyl (C=O) groups excluding carboxylic acids is 2. The van der Waals surface area contributed by atoms with E-state index in [4.69, 9.17) is 5.73 Å². The molecule has 0 saturated heterocycles. The maximum Gasteiger partial charge on any atom is 0.276 e. The van der Waals surface area contributed by atoms with Crippen molar-refractivity contribution in [2.45, 2.75) is 12.5 Å². The second-order valence-electron chi connectivity index (χ2n) is 6.18. The first kappa shape index (κ1) is 17.2. The molecule has 2 aromatic carbocycles. The molecule has 1 aliphatic heterocycles. The minimum Gasteiger partial charge on any atom is -0.368 e. The van der Waals surface area contributed by atoms with Crippen LogP contribution >= 0.6 is 11.3 Å². The first-order chi connectivity index (χ1) is 13.0. The summed E-state index contributed by atoms with van der Waals surface area (Å²) in [5.41, 5.74) is 7.37. The molecule has 1 atom stereocenters. The smallest absolute Gasteiger partial charge is 0.276 e. The fourth-order valence-corrected chi connectivity index (χ4v) is 3.89. The van der Waals surface area contributed by atoms with E-state index in [-0.39, 0.29) is 18.0 Å². The number of nitrogens with zero attached hydrogens (tertiary/aromatic N) is 4. The monoisotopic (exact) mass is 379 g/mol. The quantitative estimate of drug-likeness (QED) is 0.753. The number of hydrogen-bond acceptors (Lipinski definition) is 6. The molecule has 1 unspecified atom stereocenters. The van der Waals surface area contributed by atoms with Gasteiger partial charge in [-0.05, 0) is 24.3 Å². The topological polar surface area (TPSA) is 91.9 Å². The summed E-state index contributed by atoms with van der Waals surface area (Å²) in [6, 6.07) is 16.2. The molecule has 7 nitrogen and oxygen atoms in total. The minimum absolute atomic E-state index is 0.165. The van der Waals surface area contributed by atoms with Gasteiger partial charge in [-0.1, -0.05) is 41.7 Å². The minimum atomic E-state index is -0.685. The molecule has 2 heterocycles. The van der Waals surface area contributed by atoms with Crippen LogP contribution in [0.5, 0.6) is 0 Å². The number of anilines is 2. The lowest BCUT2D eigenvalue weighted by molar-refractivity contribution is -0.119. The van der Waals surface area contributed by atoms with Gasteiger partial charge in [0.1, 0.15) is 11.8 Å². The van der Waals surface area contributed by atoms with Gasteiger partial charge in [0, 0.05) is 13.5 Å². The second kappa shape index (κ2) is 6.81. The van der Waals surface area contributed by atoms with Crippen molar-refractivity contribution in [3.05, 3.63) is 54.6 Å². The summed E-state index contributed by atoms with van der Waals surface area (Å²) in [5.74, 6) is -0.813. The highest BCUT2D eigenvalue weighted by Gasteiger charge is 2.36. The maximum absolute atomic E-state index is 13.0. The fraction of sp³-hybridized carbons (Fsp3) is 0.158. The molecule has 0 spiro atoms. The summed E-state index contributed by atoms with van der Waals surface area (Å²) in [5, 5.41) is 6.49. The average molecular weight is 379 g/mol. The first-order valence-electron chi connectivity index (χ1n) is 8.39. The Kier molecular flexibility index (Phi) is 4.33. The van der Waals surface area contributed by atoms with Gasteiger partial charge in [0.05, 0.1) is 15.9 Å². The third-order valence-electron chi connectivity index (χ3n) is 4.38. The van der Waals surface area contributed by atoms with Crippen LogP contribution in [0.1, 0.15) is 6.42 Å². The number of benzene rings is 2. The summed E-state index contributed by atoms with van der Waals surface area (Å²) in [6.45, 7) is 0. The number of carbonyl (C=O) groups is 2. The van der Waals surface area contributed by atoms with Crippen molar-refractivity contribution in [3.63, 3.8) is 0 Å². The normalized spacial score (nSPS) is 16.4.